The van der Waals surface area contributed by atoms with E-state index in [1.165, 1.54) is 10.5 Å². The number of nitrogens with one attached hydrogen (secondary N) is 1. The van der Waals surface area contributed by atoms with Crippen LogP contribution in [-0.4, -0.2) is 50.7 Å². The second kappa shape index (κ2) is 9.95. The zero-order valence-corrected chi connectivity index (χ0v) is 16.7. The number of ether oxygens (including phenoxy) is 2. The Bertz CT molecular complexity index is 797. The molecule has 0 aliphatic carbocycles. The molecule has 0 unspecified atom stereocenters. The molecule has 1 aliphatic heterocycles. The van der Waals surface area contributed by atoms with Gasteiger partial charge in [-0.15, -0.1) is 0 Å². The largest absolute Gasteiger partial charge is 0.493 e. The van der Waals surface area contributed by atoms with Gasteiger partial charge in [-0.05, 0) is 24.6 Å². The van der Waals surface area contributed by atoms with E-state index < -0.39 is 0 Å². The second-order valence-electron chi connectivity index (χ2n) is 6.99. The van der Waals surface area contributed by atoms with Crippen molar-refractivity contribution in [3.8, 4) is 11.5 Å². The van der Waals surface area contributed by atoms with Crippen LogP contribution in [0.1, 0.15) is 18.1 Å². The molecule has 3 rings (SSSR count). The van der Waals surface area contributed by atoms with Crippen molar-refractivity contribution in [2.45, 2.75) is 13.5 Å². The Labute approximate surface area is 167 Å². The molecule has 1 amide bonds. The number of amides is 1. The monoisotopic (exact) mass is 381 g/mol. The first-order valence-corrected chi connectivity index (χ1v) is 9.78. The normalized spacial score (nSPS) is 15.0. The Morgan fingerprint density at radius 1 is 1.11 bits per heavy atom. The van der Waals surface area contributed by atoms with Gasteiger partial charge in [-0.2, -0.15) is 0 Å². The van der Waals surface area contributed by atoms with E-state index in [-0.39, 0.29) is 12.5 Å². The Balaban J connectivity index is 1.48. The highest BCUT2D eigenvalue weighted by Gasteiger charge is 2.24. The Morgan fingerprint density at radius 2 is 1.86 bits per heavy atom. The van der Waals surface area contributed by atoms with Gasteiger partial charge in [-0.25, -0.2) is 0 Å². The lowest BCUT2D eigenvalue weighted by Gasteiger charge is -2.32. The van der Waals surface area contributed by atoms with Gasteiger partial charge in [0.1, 0.15) is 6.54 Å². The maximum absolute atomic E-state index is 12.5. The number of hydrogen-bond acceptors (Lipinski definition) is 3. The van der Waals surface area contributed by atoms with Crippen molar-refractivity contribution in [3.63, 3.8) is 0 Å². The van der Waals surface area contributed by atoms with Gasteiger partial charge in [0.05, 0.1) is 33.3 Å². The number of nitrogens with zero attached hydrogens (tertiary/aromatic N) is 1. The predicted octanol–water partition coefficient (Wildman–Crippen LogP) is 2.03. The third-order valence-electron chi connectivity index (χ3n) is 5.02. The fourth-order valence-corrected chi connectivity index (χ4v) is 3.46. The van der Waals surface area contributed by atoms with Gasteiger partial charge in [0.2, 0.25) is 0 Å². The number of rotatable bonds is 7. The van der Waals surface area contributed by atoms with E-state index in [4.69, 9.17) is 9.47 Å². The number of piperazine rings is 1. The Hall–Kier alpha value is -2.79. The molecule has 2 aromatic rings. The first-order valence-electron chi connectivity index (χ1n) is 9.78. The molecule has 5 nitrogen and oxygen atoms in total. The molecule has 28 heavy (non-hydrogen) atoms. The molecule has 0 spiro atoms. The molecule has 148 valence electrons. The van der Waals surface area contributed by atoms with Crippen molar-refractivity contribution in [1.82, 2.24) is 4.90 Å². The lowest BCUT2D eigenvalue weighted by molar-refractivity contribution is -0.917. The van der Waals surface area contributed by atoms with Gasteiger partial charge in [-0.3, -0.25) is 4.79 Å². The van der Waals surface area contributed by atoms with Crippen molar-refractivity contribution in [3.05, 3.63) is 65.7 Å². The van der Waals surface area contributed by atoms with E-state index in [2.05, 4.69) is 24.3 Å². The maximum Gasteiger partial charge on any atom is 0.260 e. The van der Waals surface area contributed by atoms with E-state index >= 15 is 0 Å². The molecule has 0 saturated carbocycles. The quantitative estimate of drug-likeness (QED) is 0.798. The first kappa shape index (κ1) is 20.0. The predicted molar refractivity (Wildman–Crippen MR) is 111 cm³/mol. The van der Waals surface area contributed by atoms with Gasteiger partial charge in [0, 0.05) is 5.56 Å². The highest BCUT2D eigenvalue weighted by atomic mass is 16.5. The molecular formula is C23H29N2O3+. The number of carbonyl (C=O) groups excluding carboxylic acids is 1. The molecule has 0 bridgehead atoms. The average molecular weight is 381 g/mol. The summed E-state index contributed by atoms with van der Waals surface area (Å²) >= 11 is 0. The number of quaternary nitrogens is 1. The fraction of sp³-hybridized carbons (Fsp3) is 0.348. The highest BCUT2D eigenvalue weighted by molar-refractivity contribution is 5.78. The van der Waals surface area contributed by atoms with Crippen molar-refractivity contribution < 1.29 is 19.2 Å². The number of allylic oxidation sites excluding steroid dienone is 1. The standard InChI is InChI=1S/C23H28N2O3/c1-3-7-19-10-11-21(22(16-19)27-2)28-18-23(26)25-14-12-24(13-15-25)17-20-8-5-4-6-9-20/h3-11,16H,12-15,17-18H2,1-2H3/p+1/b7-3+. The molecular weight excluding hydrogens is 352 g/mol. The summed E-state index contributed by atoms with van der Waals surface area (Å²) in [5, 5.41) is 0. The number of hydrogen-bond donors (Lipinski definition) is 1. The summed E-state index contributed by atoms with van der Waals surface area (Å²) in [4.78, 5) is 16.0. The summed E-state index contributed by atoms with van der Waals surface area (Å²) in [7, 11) is 1.61. The lowest BCUT2D eigenvalue weighted by Crippen LogP contribution is -3.13. The highest BCUT2D eigenvalue weighted by Crippen LogP contribution is 2.28. The summed E-state index contributed by atoms with van der Waals surface area (Å²) in [5.74, 6) is 1.26. The van der Waals surface area contributed by atoms with Crippen LogP contribution in [0.5, 0.6) is 11.5 Å². The molecule has 1 fully saturated rings. The van der Waals surface area contributed by atoms with Crippen LogP contribution in [0.25, 0.3) is 6.08 Å². The lowest BCUT2D eigenvalue weighted by atomic mass is 10.2. The number of benzene rings is 2. The van der Waals surface area contributed by atoms with Crippen LogP contribution in [0.2, 0.25) is 0 Å². The third kappa shape index (κ3) is 5.36. The maximum atomic E-state index is 12.5. The zero-order chi connectivity index (χ0) is 19.8. The van der Waals surface area contributed by atoms with Crippen molar-refractivity contribution >= 4 is 12.0 Å². The van der Waals surface area contributed by atoms with Gasteiger partial charge in [0.25, 0.3) is 5.91 Å². The molecule has 5 heteroatoms. The minimum absolute atomic E-state index is 0.0262. The Kier molecular flexibility index (Phi) is 7.09. The van der Waals surface area contributed by atoms with Gasteiger partial charge < -0.3 is 19.3 Å². The van der Waals surface area contributed by atoms with Crippen LogP contribution in [0.15, 0.2) is 54.6 Å². The molecule has 1 aliphatic rings. The average Bonchev–Trinajstić information content (AvgIpc) is 2.74. The topological polar surface area (TPSA) is 43.2 Å². The van der Waals surface area contributed by atoms with E-state index in [9.17, 15) is 4.79 Å². The van der Waals surface area contributed by atoms with Crippen LogP contribution in [0.4, 0.5) is 0 Å². The van der Waals surface area contributed by atoms with Crippen LogP contribution < -0.4 is 14.4 Å². The zero-order valence-electron chi connectivity index (χ0n) is 16.7. The van der Waals surface area contributed by atoms with Crippen molar-refractivity contribution in [2.24, 2.45) is 0 Å². The number of methoxy groups -OCH3 is 1. The molecule has 0 radical (unpaired) electrons. The van der Waals surface area contributed by atoms with Crippen LogP contribution in [0, 0.1) is 0 Å². The minimum atomic E-state index is 0.0262. The van der Waals surface area contributed by atoms with E-state index in [1.54, 1.807) is 7.11 Å². The van der Waals surface area contributed by atoms with Gasteiger partial charge in [-0.1, -0.05) is 48.6 Å². The van der Waals surface area contributed by atoms with Crippen LogP contribution in [-0.2, 0) is 11.3 Å². The van der Waals surface area contributed by atoms with Crippen molar-refractivity contribution in [2.75, 3.05) is 39.9 Å². The molecule has 0 aromatic heterocycles. The minimum Gasteiger partial charge on any atom is -0.493 e. The molecule has 1 heterocycles. The fourth-order valence-electron chi connectivity index (χ4n) is 3.46. The van der Waals surface area contributed by atoms with Crippen molar-refractivity contribution in [1.29, 1.82) is 0 Å². The van der Waals surface area contributed by atoms with E-state index in [1.807, 2.05) is 48.2 Å². The summed E-state index contributed by atoms with van der Waals surface area (Å²) in [6, 6.07) is 16.2. The SMILES string of the molecule is C/C=C/c1ccc(OCC(=O)N2CC[NH+](Cc3ccccc3)CC2)c(OC)c1. The van der Waals surface area contributed by atoms with Gasteiger partial charge in [0.15, 0.2) is 18.1 Å². The molecule has 2 aromatic carbocycles. The number of carbonyl (C=O) groups is 1. The Morgan fingerprint density at radius 3 is 2.54 bits per heavy atom. The van der Waals surface area contributed by atoms with E-state index in [0.717, 1.165) is 38.3 Å². The summed E-state index contributed by atoms with van der Waals surface area (Å²) < 4.78 is 11.1. The van der Waals surface area contributed by atoms with Crippen LogP contribution >= 0.6 is 0 Å². The molecule has 1 N–H and O–H groups in total. The van der Waals surface area contributed by atoms with Gasteiger partial charge >= 0.3 is 0 Å². The summed E-state index contributed by atoms with van der Waals surface area (Å²) in [6.07, 6.45) is 3.97. The summed E-state index contributed by atoms with van der Waals surface area (Å²) in [6.45, 7) is 6.47. The first-order chi connectivity index (χ1) is 13.7. The molecule has 0 atom stereocenters. The second-order valence-corrected chi connectivity index (χ2v) is 6.99. The smallest absolute Gasteiger partial charge is 0.260 e. The molecule has 1 saturated heterocycles. The third-order valence-corrected chi connectivity index (χ3v) is 5.02. The van der Waals surface area contributed by atoms with Crippen LogP contribution in [0.3, 0.4) is 0 Å². The van der Waals surface area contributed by atoms with E-state index in [0.29, 0.717) is 11.5 Å². The summed E-state index contributed by atoms with van der Waals surface area (Å²) in [5.41, 5.74) is 2.38.